The molecule has 0 aromatic heterocycles. The molecule has 1 aromatic rings. The van der Waals surface area contributed by atoms with E-state index >= 15 is 0 Å². The van der Waals surface area contributed by atoms with Crippen LogP contribution >= 0.6 is 15.9 Å². The minimum atomic E-state index is 0.436. The average molecular weight is 338 g/mol. The van der Waals surface area contributed by atoms with Crippen LogP contribution in [0.1, 0.15) is 44.6 Å². The number of hydrogen-bond acceptors (Lipinski definition) is 2. The predicted octanol–water partition coefficient (Wildman–Crippen LogP) is 4.28. The van der Waals surface area contributed by atoms with E-state index < -0.39 is 0 Å². The van der Waals surface area contributed by atoms with Gasteiger partial charge in [0.1, 0.15) is 0 Å². The first-order valence-electron chi connectivity index (χ1n) is 7.84. The van der Waals surface area contributed by atoms with Crippen molar-refractivity contribution in [2.24, 2.45) is 5.41 Å². The molecule has 0 aliphatic heterocycles. The largest absolute Gasteiger partial charge is 0.378 e. The Bertz CT molecular complexity index is 439. The molecule has 2 unspecified atom stereocenters. The minimum absolute atomic E-state index is 0.436. The molecule has 2 nitrogen and oxygen atoms in total. The van der Waals surface area contributed by atoms with Crippen molar-refractivity contribution < 1.29 is 4.74 Å². The van der Waals surface area contributed by atoms with Crippen molar-refractivity contribution in [3.8, 4) is 0 Å². The van der Waals surface area contributed by atoms with Crippen LogP contribution in [-0.4, -0.2) is 18.8 Å². The summed E-state index contributed by atoms with van der Waals surface area (Å²) >= 11 is 3.49. The van der Waals surface area contributed by atoms with Crippen LogP contribution in [0.3, 0.4) is 0 Å². The smallest absolute Gasteiger partial charge is 0.0661 e. The fourth-order valence-corrected chi connectivity index (χ4v) is 4.28. The van der Waals surface area contributed by atoms with E-state index in [9.17, 15) is 0 Å². The van der Waals surface area contributed by atoms with E-state index in [0.717, 1.165) is 17.6 Å². The van der Waals surface area contributed by atoms with Crippen molar-refractivity contribution in [2.75, 3.05) is 6.61 Å². The van der Waals surface area contributed by atoms with Crippen LogP contribution in [0.15, 0.2) is 28.7 Å². The average Bonchev–Trinajstić information content (AvgIpc) is 2.96. The van der Waals surface area contributed by atoms with Gasteiger partial charge in [0.15, 0.2) is 0 Å². The molecule has 2 atom stereocenters. The van der Waals surface area contributed by atoms with Gasteiger partial charge in [-0.15, -0.1) is 0 Å². The molecule has 20 heavy (non-hydrogen) atoms. The van der Waals surface area contributed by atoms with E-state index in [1.165, 1.54) is 37.7 Å². The van der Waals surface area contributed by atoms with Crippen LogP contribution in [0.2, 0.25) is 0 Å². The van der Waals surface area contributed by atoms with Gasteiger partial charge in [0.05, 0.1) is 6.10 Å². The molecule has 0 bridgehead atoms. The summed E-state index contributed by atoms with van der Waals surface area (Å²) in [4.78, 5) is 0. The highest BCUT2D eigenvalue weighted by atomic mass is 79.9. The fourth-order valence-electron chi connectivity index (χ4n) is 4.02. The van der Waals surface area contributed by atoms with Gasteiger partial charge in [-0.25, -0.2) is 0 Å². The highest BCUT2D eigenvalue weighted by Crippen LogP contribution is 2.54. The molecule has 0 amide bonds. The highest BCUT2D eigenvalue weighted by Gasteiger charge is 2.56. The first-order chi connectivity index (χ1) is 9.74. The number of halogens is 1. The quantitative estimate of drug-likeness (QED) is 0.865. The van der Waals surface area contributed by atoms with Crippen molar-refractivity contribution in [1.82, 2.24) is 5.32 Å². The van der Waals surface area contributed by atoms with E-state index in [2.05, 4.69) is 52.4 Å². The van der Waals surface area contributed by atoms with Crippen LogP contribution in [0.4, 0.5) is 0 Å². The number of benzene rings is 1. The molecule has 2 aliphatic rings. The lowest BCUT2D eigenvalue weighted by Crippen LogP contribution is -2.62. The van der Waals surface area contributed by atoms with Gasteiger partial charge in [-0.3, -0.25) is 0 Å². The summed E-state index contributed by atoms with van der Waals surface area (Å²) in [6, 6.07) is 9.26. The fraction of sp³-hybridized carbons (Fsp3) is 0.647. The van der Waals surface area contributed by atoms with Crippen molar-refractivity contribution in [1.29, 1.82) is 0 Å². The summed E-state index contributed by atoms with van der Waals surface area (Å²) in [7, 11) is 0. The van der Waals surface area contributed by atoms with Crippen LogP contribution < -0.4 is 5.32 Å². The molecule has 0 radical (unpaired) electrons. The van der Waals surface area contributed by atoms with E-state index in [0.29, 0.717) is 17.6 Å². The third-order valence-electron chi connectivity index (χ3n) is 5.15. The van der Waals surface area contributed by atoms with Gasteiger partial charge in [-0.05, 0) is 43.9 Å². The topological polar surface area (TPSA) is 21.3 Å². The normalized spacial score (nSPS) is 27.7. The van der Waals surface area contributed by atoms with Gasteiger partial charge in [0.25, 0.3) is 0 Å². The molecule has 1 spiro atoms. The van der Waals surface area contributed by atoms with E-state index in [4.69, 9.17) is 4.74 Å². The van der Waals surface area contributed by atoms with Crippen molar-refractivity contribution in [3.05, 3.63) is 34.3 Å². The SMILES string of the molecule is CCOC1CC(NCc2ccc(Br)cc2)C12CCCC2. The maximum atomic E-state index is 5.97. The Morgan fingerprint density at radius 2 is 1.95 bits per heavy atom. The number of rotatable bonds is 5. The maximum absolute atomic E-state index is 5.97. The van der Waals surface area contributed by atoms with Gasteiger partial charge in [0, 0.05) is 29.1 Å². The minimum Gasteiger partial charge on any atom is -0.378 e. The number of nitrogens with one attached hydrogen (secondary N) is 1. The summed E-state index contributed by atoms with van der Waals surface area (Å²) < 4.78 is 7.11. The maximum Gasteiger partial charge on any atom is 0.0661 e. The molecule has 110 valence electrons. The Morgan fingerprint density at radius 3 is 2.60 bits per heavy atom. The summed E-state index contributed by atoms with van der Waals surface area (Å²) in [6.07, 6.45) is 7.12. The number of ether oxygens (including phenoxy) is 1. The number of hydrogen-bond donors (Lipinski definition) is 1. The van der Waals surface area contributed by atoms with E-state index in [-0.39, 0.29) is 0 Å². The van der Waals surface area contributed by atoms with Crippen molar-refractivity contribution in [3.63, 3.8) is 0 Å². The third-order valence-corrected chi connectivity index (χ3v) is 5.68. The van der Waals surface area contributed by atoms with Crippen molar-refractivity contribution in [2.45, 2.75) is 57.7 Å². The Hall–Kier alpha value is -0.380. The van der Waals surface area contributed by atoms with Gasteiger partial charge in [-0.1, -0.05) is 40.9 Å². The predicted molar refractivity (Wildman–Crippen MR) is 85.7 cm³/mol. The standard InChI is InChI=1S/C17H24BrNO/c1-2-20-16-11-15(17(16)9-3-4-10-17)19-12-13-5-7-14(18)8-6-13/h5-8,15-16,19H,2-4,9-12H2,1H3. The van der Waals surface area contributed by atoms with Crippen LogP contribution in [0, 0.1) is 5.41 Å². The zero-order valence-corrected chi connectivity index (χ0v) is 13.8. The molecular weight excluding hydrogens is 314 g/mol. The molecule has 3 rings (SSSR count). The molecule has 1 aromatic carbocycles. The summed E-state index contributed by atoms with van der Waals surface area (Å²) in [5.74, 6) is 0. The highest BCUT2D eigenvalue weighted by molar-refractivity contribution is 9.10. The van der Waals surface area contributed by atoms with Crippen molar-refractivity contribution >= 4 is 15.9 Å². The first-order valence-corrected chi connectivity index (χ1v) is 8.63. The monoisotopic (exact) mass is 337 g/mol. The summed E-state index contributed by atoms with van der Waals surface area (Å²) in [5, 5.41) is 3.78. The summed E-state index contributed by atoms with van der Waals surface area (Å²) in [5.41, 5.74) is 1.80. The van der Waals surface area contributed by atoms with E-state index in [1.54, 1.807) is 0 Å². The van der Waals surface area contributed by atoms with E-state index in [1.807, 2.05) is 0 Å². The Balaban J connectivity index is 1.59. The summed E-state index contributed by atoms with van der Waals surface area (Å²) in [6.45, 7) is 3.94. The Morgan fingerprint density at radius 1 is 1.25 bits per heavy atom. The molecule has 0 saturated heterocycles. The van der Waals surface area contributed by atoms with Crippen LogP contribution in [0.25, 0.3) is 0 Å². The zero-order valence-electron chi connectivity index (χ0n) is 12.2. The molecule has 2 saturated carbocycles. The second-order valence-corrected chi connectivity index (χ2v) is 7.10. The lowest BCUT2D eigenvalue weighted by atomic mass is 9.60. The molecular formula is C17H24BrNO. The Kier molecular flexibility index (Phi) is 4.49. The molecule has 2 fully saturated rings. The van der Waals surface area contributed by atoms with Gasteiger partial charge < -0.3 is 10.1 Å². The van der Waals surface area contributed by atoms with Gasteiger partial charge in [-0.2, -0.15) is 0 Å². The lowest BCUT2D eigenvalue weighted by Gasteiger charge is -2.54. The van der Waals surface area contributed by atoms with Crippen LogP contribution in [0.5, 0.6) is 0 Å². The second-order valence-electron chi connectivity index (χ2n) is 6.18. The Labute approximate surface area is 130 Å². The molecule has 3 heteroatoms. The third kappa shape index (κ3) is 2.68. The zero-order chi connectivity index (χ0) is 14.0. The molecule has 1 N–H and O–H groups in total. The molecule has 2 aliphatic carbocycles. The lowest BCUT2D eigenvalue weighted by molar-refractivity contribution is -0.130. The van der Waals surface area contributed by atoms with Gasteiger partial charge >= 0.3 is 0 Å². The molecule has 0 heterocycles. The second kappa shape index (κ2) is 6.17. The van der Waals surface area contributed by atoms with Crippen LogP contribution in [-0.2, 0) is 11.3 Å². The van der Waals surface area contributed by atoms with Gasteiger partial charge in [0.2, 0.25) is 0 Å². The first kappa shape index (κ1) is 14.6.